The maximum atomic E-state index is 12.2. The fraction of sp³-hybridized carbons (Fsp3) is 0.188. The Morgan fingerprint density at radius 3 is 2.30 bits per heavy atom. The first-order valence-electron chi connectivity index (χ1n) is 6.86. The summed E-state index contributed by atoms with van der Waals surface area (Å²) in [5.74, 6) is -0.414. The Labute approximate surface area is 144 Å². The minimum absolute atomic E-state index is 0.288. The molecule has 0 bridgehead atoms. The zero-order valence-corrected chi connectivity index (χ0v) is 15.2. The second-order valence-electron chi connectivity index (χ2n) is 5.13. The molecular formula is C16H17BrN2O3S. The molecule has 0 unspecified atom stereocenters. The first kappa shape index (κ1) is 17.5. The molecule has 1 amide bonds. The fourth-order valence-electron chi connectivity index (χ4n) is 1.99. The number of nitrogens with zero attached hydrogens (tertiary/aromatic N) is 1. The summed E-state index contributed by atoms with van der Waals surface area (Å²) in [6.45, 7) is 1.62. The van der Waals surface area contributed by atoms with E-state index in [1.54, 1.807) is 42.5 Å². The molecule has 122 valence electrons. The van der Waals surface area contributed by atoms with Crippen molar-refractivity contribution >= 4 is 43.2 Å². The molecule has 0 heterocycles. The van der Waals surface area contributed by atoms with Crippen LogP contribution in [0.3, 0.4) is 0 Å². The Morgan fingerprint density at radius 2 is 1.74 bits per heavy atom. The number of nitrogens with one attached hydrogen (secondary N) is 1. The van der Waals surface area contributed by atoms with Crippen molar-refractivity contribution in [2.24, 2.45) is 0 Å². The lowest BCUT2D eigenvalue weighted by Crippen LogP contribution is -2.37. The lowest BCUT2D eigenvalue weighted by Gasteiger charge is -2.22. The van der Waals surface area contributed by atoms with Crippen molar-refractivity contribution in [1.82, 2.24) is 0 Å². The normalized spacial score (nSPS) is 11.1. The molecule has 0 spiro atoms. The quantitative estimate of drug-likeness (QED) is 0.843. The van der Waals surface area contributed by atoms with E-state index in [1.165, 1.54) is 0 Å². The lowest BCUT2D eigenvalue weighted by molar-refractivity contribution is -0.114. The number of para-hydroxylation sites is 1. The van der Waals surface area contributed by atoms with E-state index in [0.29, 0.717) is 11.4 Å². The standard InChI is InChI=1S/C16H17BrN2O3S/c1-12-7-9-13(10-8-12)19(23(2,21)22)11-16(20)18-15-6-4-3-5-14(15)17/h3-10H,11H2,1-2H3,(H,18,20). The highest BCUT2D eigenvalue weighted by Gasteiger charge is 2.21. The Bertz CT molecular complexity index is 804. The van der Waals surface area contributed by atoms with Gasteiger partial charge in [0.05, 0.1) is 17.6 Å². The highest BCUT2D eigenvalue weighted by molar-refractivity contribution is 9.10. The summed E-state index contributed by atoms with van der Waals surface area (Å²) < 4.78 is 25.8. The maximum absolute atomic E-state index is 12.2. The second kappa shape index (κ2) is 7.14. The third-order valence-electron chi connectivity index (χ3n) is 3.16. The fourth-order valence-corrected chi connectivity index (χ4v) is 3.23. The maximum Gasteiger partial charge on any atom is 0.245 e. The van der Waals surface area contributed by atoms with E-state index in [-0.39, 0.29) is 6.54 Å². The molecule has 2 aromatic rings. The van der Waals surface area contributed by atoms with Gasteiger partial charge in [0.25, 0.3) is 0 Å². The van der Waals surface area contributed by atoms with E-state index in [0.717, 1.165) is 20.6 Å². The third kappa shape index (κ3) is 4.80. The molecule has 5 nitrogen and oxygen atoms in total. The Balaban J connectivity index is 2.20. The van der Waals surface area contributed by atoms with E-state index < -0.39 is 15.9 Å². The molecule has 0 saturated carbocycles. The van der Waals surface area contributed by atoms with Gasteiger partial charge in [0, 0.05) is 4.47 Å². The topological polar surface area (TPSA) is 66.5 Å². The predicted molar refractivity (Wildman–Crippen MR) is 96.1 cm³/mol. The zero-order valence-electron chi connectivity index (χ0n) is 12.8. The molecule has 0 fully saturated rings. The van der Waals surface area contributed by atoms with Crippen LogP contribution < -0.4 is 9.62 Å². The molecule has 0 aliphatic carbocycles. The largest absolute Gasteiger partial charge is 0.323 e. The number of halogens is 1. The van der Waals surface area contributed by atoms with Gasteiger partial charge >= 0.3 is 0 Å². The van der Waals surface area contributed by atoms with Crippen LogP contribution in [-0.2, 0) is 14.8 Å². The Hall–Kier alpha value is -1.86. The van der Waals surface area contributed by atoms with Crippen LogP contribution in [0.5, 0.6) is 0 Å². The summed E-state index contributed by atoms with van der Waals surface area (Å²) in [6.07, 6.45) is 1.08. The molecule has 0 saturated heterocycles. The average molecular weight is 397 g/mol. The van der Waals surface area contributed by atoms with Crippen LogP contribution in [0.15, 0.2) is 53.0 Å². The van der Waals surface area contributed by atoms with Gasteiger partial charge in [-0.3, -0.25) is 9.10 Å². The molecule has 0 aromatic heterocycles. The molecule has 7 heteroatoms. The minimum atomic E-state index is -3.57. The number of hydrogen-bond donors (Lipinski definition) is 1. The molecule has 0 aliphatic rings. The van der Waals surface area contributed by atoms with E-state index >= 15 is 0 Å². The summed E-state index contributed by atoms with van der Waals surface area (Å²) in [4.78, 5) is 12.2. The van der Waals surface area contributed by atoms with Gasteiger partial charge in [0.1, 0.15) is 6.54 Å². The van der Waals surface area contributed by atoms with Crippen molar-refractivity contribution in [3.05, 3.63) is 58.6 Å². The van der Waals surface area contributed by atoms with E-state index in [1.807, 2.05) is 13.0 Å². The van der Waals surface area contributed by atoms with E-state index in [2.05, 4.69) is 21.2 Å². The number of sulfonamides is 1. The monoisotopic (exact) mass is 396 g/mol. The van der Waals surface area contributed by atoms with Crippen LogP contribution in [0.4, 0.5) is 11.4 Å². The van der Waals surface area contributed by atoms with Crippen molar-refractivity contribution in [2.75, 3.05) is 22.4 Å². The highest BCUT2D eigenvalue weighted by atomic mass is 79.9. The van der Waals surface area contributed by atoms with Gasteiger partial charge in [-0.15, -0.1) is 0 Å². The molecule has 2 aromatic carbocycles. The first-order valence-corrected chi connectivity index (χ1v) is 9.50. The number of aryl methyl sites for hydroxylation is 1. The molecule has 23 heavy (non-hydrogen) atoms. The van der Waals surface area contributed by atoms with Gasteiger partial charge in [0.15, 0.2) is 0 Å². The summed E-state index contributed by atoms with van der Waals surface area (Å²) in [5.41, 5.74) is 2.06. The molecule has 0 atom stereocenters. The number of rotatable bonds is 5. The van der Waals surface area contributed by atoms with Crippen LogP contribution in [0.1, 0.15) is 5.56 Å². The van der Waals surface area contributed by atoms with Crippen LogP contribution in [0.2, 0.25) is 0 Å². The van der Waals surface area contributed by atoms with Gasteiger partial charge < -0.3 is 5.32 Å². The highest BCUT2D eigenvalue weighted by Crippen LogP contribution is 2.22. The van der Waals surface area contributed by atoms with Crippen LogP contribution in [0, 0.1) is 6.92 Å². The van der Waals surface area contributed by atoms with E-state index in [9.17, 15) is 13.2 Å². The number of carbonyl (C=O) groups is 1. The number of hydrogen-bond acceptors (Lipinski definition) is 3. The molecule has 1 N–H and O–H groups in total. The van der Waals surface area contributed by atoms with Crippen LogP contribution in [0.25, 0.3) is 0 Å². The zero-order chi connectivity index (χ0) is 17.0. The van der Waals surface area contributed by atoms with Gasteiger partial charge in [-0.05, 0) is 47.1 Å². The van der Waals surface area contributed by atoms with Gasteiger partial charge in [-0.1, -0.05) is 29.8 Å². The number of anilines is 2. The van der Waals surface area contributed by atoms with Gasteiger partial charge in [0.2, 0.25) is 15.9 Å². The summed E-state index contributed by atoms with van der Waals surface area (Å²) in [6, 6.07) is 14.1. The molecule has 0 radical (unpaired) electrons. The van der Waals surface area contributed by atoms with Crippen molar-refractivity contribution in [1.29, 1.82) is 0 Å². The van der Waals surface area contributed by atoms with Gasteiger partial charge in [-0.2, -0.15) is 0 Å². The van der Waals surface area contributed by atoms with Crippen LogP contribution in [-0.4, -0.2) is 27.1 Å². The van der Waals surface area contributed by atoms with Gasteiger partial charge in [-0.25, -0.2) is 8.42 Å². The second-order valence-corrected chi connectivity index (χ2v) is 7.89. The molecule has 0 aliphatic heterocycles. The Morgan fingerprint density at radius 1 is 1.13 bits per heavy atom. The minimum Gasteiger partial charge on any atom is -0.323 e. The SMILES string of the molecule is Cc1ccc(N(CC(=O)Nc2ccccc2Br)S(C)(=O)=O)cc1. The number of carbonyl (C=O) groups excluding carboxylic acids is 1. The third-order valence-corrected chi connectivity index (χ3v) is 4.99. The summed E-state index contributed by atoms with van der Waals surface area (Å²) in [7, 11) is -3.57. The number of benzene rings is 2. The number of amides is 1. The Kier molecular flexibility index (Phi) is 5.43. The predicted octanol–water partition coefficient (Wildman–Crippen LogP) is 3.16. The summed E-state index contributed by atoms with van der Waals surface area (Å²) >= 11 is 3.34. The first-order chi connectivity index (χ1) is 10.8. The summed E-state index contributed by atoms with van der Waals surface area (Å²) in [5, 5.41) is 2.70. The lowest BCUT2D eigenvalue weighted by atomic mass is 10.2. The van der Waals surface area contributed by atoms with Crippen molar-refractivity contribution in [3.8, 4) is 0 Å². The van der Waals surface area contributed by atoms with Crippen molar-refractivity contribution in [3.63, 3.8) is 0 Å². The van der Waals surface area contributed by atoms with E-state index in [4.69, 9.17) is 0 Å². The van der Waals surface area contributed by atoms with Crippen molar-refractivity contribution < 1.29 is 13.2 Å². The molecular weight excluding hydrogens is 380 g/mol. The van der Waals surface area contributed by atoms with Crippen LogP contribution >= 0.6 is 15.9 Å². The van der Waals surface area contributed by atoms with Crippen molar-refractivity contribution in [2.45, 2.75) is 6.92 Å². The average Bonchev–Trinajstić information content (AvgIpc) is 2.47. The molecule has 2 rings (SSSR count). The smallest absolute Gasteiger partial charge is 0.245 e.